The largest absolute Gasteiger partial charge is 0.438 e. The molecule has 110 valence electrons. The van der Waals surface area contributed by atoms with Gasteiger partial charge in [-0.05, 0) is 24.3 Å². The minimum Gasteiger partial charge on any atom is -0.438 e. The Kier molecular flexibility index (Phi) is 3.45. The predicted octanol–water partition coefficient (Wildman–Crippen LogP) is 4.73. The van der Waals surface area contributed by atoms with Gasteiger partial charge in [0.1, 0.15) is 5.76 Å². The highest BCUT2D eigenvalue weighted by Crippen LogP contribution is 2.21. The summed E-state index contributed by atoms with van der Waals surface area (Å²) in [5, 5.41) is 1.95. The first-order valence-corrected chi connectivity index (χ1v) is 7.43. The van der Waals surface area contributed by atoms with Crippen LogP contribution in [0.3, 0.4) is 0 Å². The molecule has 4 rings (SSSR count). The lowest BCUT2D eigenvalue weighted by Crippen LogP contribution is -2.03. The van der Waals surface area contributed by atoms with Gasteiger partial charge in [0, 0.05) is 28.7 Å². The predicted molar refractivity (Wildman–Crippen MR) is 91.1 cm³/mol. The maximum Gasteiger partial charge on any atom is 0.227 e. The van der Waals surface area contributed by atoms with Crippen LogP contribution in [0.15, 0.2) is 94.6 Å². The van der Waals surface area contributed by atoms with Gasteiger partial charge in [-0.3, -0.25) is 4.98 Å². The molecule has 0 atom stereocenters. The normalized spacial score (nSPS) is 11.7. The Morgan fingerprint density at radius 3 is 2.35 bits per heavy atom. The van der Waals surface area contributed by atoms with Crippen LogP contribution in [0.1, 0.15) is 0 Å². The quantitative estimate of drug-likeness (QED) is 0.536. The van der Waals surface area contributed by atoms with Crippen LogP contribution in [0, 0.1) is 0 Å². The fourth-order valence-corrected chi connectivity index (χ4v) is 2.49. The van der Waals surface area contributed by atoms with Crippen LogP contribution < -0.4 is 5.55 Å². The minimum atomic E-state index is 0.593. The van der Waals surface area contributed by atoms with E-state index in [4.69, 9.17) is 4.42 Å². The standard InChI is InChI=1S/C20H14N2O/c1-3-7-15(8-4-1)19-13-16-14-21-12-11-18(16)20(23-19)22-17-9-5-2-6-10-17/h1-14H. The van der Waals surface area contributed by atoms with E-state index in [0.717, 1.165) is 27.8 Å². The summed E-state index contributed by atoms with van der Waals surface area (Å²) in [6, 6.07) is 23.7. The first-order valence-electron chi connectivity index (χ1n) is 7.43. The number of nitrogens with zero attached hydrogens (tertiary/aromatic N) is 2. The molecular weight excluding hydrogens is 284 g/mol. The van der Waals surface area contributed by atoms with Crippen molar-refractivity contribution in [2.24, 2.45) is 4.99 Å². The molecule has 0 spiro atoms. The van der Waals surface area contributed by atoms with E-state index in [0.29, 0.717) is 5.55 Å². The summed E-state index contributed by atoms with van der Waals surface area (Å²) in [6.45, 7) is 0. The van der Waals surface area contributed by atoms with E-state index in [1.807, 2.05) is 79.0 Å². The Morgan fingerprint density at radius 2 is 1.57 bits per heavy atom. The second-order valence-corrected chi connectivity index (χ2v) is 5.19. The molecule has 23 heavy (non-hydrogen) atoms. The van der Waals surface area contributed by atoms with Gasteiger partial charge in [-0.2, -0.15) is 0 Å². The maximum atomic E-state index is 6.09. The Morgan fingerprint density at radius 1 is 0.826 bits per heavy atom. The van der Waals surface area contributed by atoms with Gasteiger partial charge in [-0.1, -0.05) is 48.5 Å². The van der Waals surface area contributed by atoms with Gasteiger partial charge in [0.25, 0.3) is 0 Å². The van der Waals surface area contributed by atoms with Crippen LogP contribution in [-0.2, 0) is 0 Å². The molecule has 0 saturated carbocycles. The summed E-state index contributed by atoms with van der Waals surface area (Å²) in [6.07, 6.45) is 3.59. The zero-order valence-electron chi connectivity index (χ0n) is 12.4. The summed E-state index contributed by atoms with van der Waals surface area (Å²) in [7, 11) is 0. The number of aromatic nitrogens is 1. The number of hydrogen-bond acceptors (Lipinski definition) is 3. The molecular formula is C20H14N2O. The third-order valence-electron chi connectivity index (χ3n) is 3.62. The average molecular weight is 298 g/mol. The van der Waals surface area contributed by atoms with Gasteiger partial charge in [-0.15, -0.1) is 0 Å². The van der Waals surface area contributed by atoms with E-state index in [9.17, 15) is 0 Å². The Hall–Kier alpha value is -3.20. The van der Waals surface area contributed by atoms with E-state index < -0.39 is 0 Å². The molecule has 0 unspecified atom stereocenters. The summed E-state index contributed by atoms with van der Waals surface area (Å²) in [5.41, 5.74) is 2.47. The van der Waals surface area contributed by atoms with E-state index in [2.05, 4.69) is 9.98 Å². The third-order valence-corrected chi connectivity index (χ3v) is 3.62. The lowest BCUT2D eigenvalue weighted by Gasteiger charge is -2.04. The Labute approximate surface area is 133 Å². The number of pyridine rings is 1. The zero-order chi connectivity index (χ0) is 15.5. The van der Waals surface area contributed by atoms with Gasteiger partial charge in [0.15, 0.2) is 0 Å². The molecule has 0 fully saturated rings. The number of benzene rings is 2. The first-order chi connectivity index (χ1) is 11.4. The monoisotopic (exact) mass is 298 g/mol. The zero-order valence-corrected chi connectivity index (χ0v) is 12.4. The SMILES string of the molecule is c1ccc(N=c2oc(-c3ccccc3)cc3cnccc23)cc1. The van der Waals surface area contributed by atoms with Crippen molar-refractivity contribution < 1.29 is 4.42 Å². The van der Waals surface area contributed by atoms with Gasteiger partial charge in [-0.25, -0.2) is 4.99 Å². The highest BCUT2D eigenvalue weighted by Gasteiger charge is 2.05. The van der Waals surface area contributed by atoms with Crippen molar-refractivity contribution in [1.29, 1.82) is 0 Å². The van der Waals surface area contributed by atoms with Crippen LogP contribution >= 0.6 is 0 Å². The average Bonchev–Trinajstić information content (AvgIpc) is 2.63. The summed E-state index contributed by atoms with van der Waals surface area (Å²) < 4.78 is 6.09. The molecule has 3 nitrogen and oxygen atoms in total. The molecule has 0 aliphatic heterocycles. The van der Waals surface area contributed by atoms with E-state index in [1.165, 1.54) is 0 Å². The summed E-state index contributed by atoms with van der Waals surface area (Å²) in [4.78, 5) is 8.87. The van der Waals surface area contributed by atoms with Crippen molar-refractivity contribution >= 4 is 16.5 Å². The fourth-order valence-electron chi connectivity index (χ4n) is 2.49. The first kappa shape index (κ1) is 13.5. The van der Waals surface area contributed by atoms with Crippen LogP contribution in [-0.4, -0.2) is 4.98 Å². The lowest BCUT2D eigenvalue weighted by molar-refractivity contribution is 0.520. The second kappa shape index (κ2) is 5.89. The fraction of sp³-hybridized carbons (Fsp3) is 0. The third kappa shape index (κ3) is 2.77. The highest BCUT2D eigenvalue weighted by molar-refractivity contribution is 5.83. The van der Waals surface area contributed by atoms with Crippen molar-refractivity contribution in [2.75, 3.05) is 0 Å². The van der Waals surface area contributed by atoms with Gasteiger partial charge < -0.3 is 4.42 Å². The molecule has 2 aromatic carbocycles. The molecule has 2 aromatic heterocycles. The van der Waals surface area contributed by atoms with Crippen LogP contribution in [0.2, 0.25) is 0 Å². The minimum absolute atomic E-state index is 0.593. The van der Waals surface area contributed by atoms with Crippen molar-refractivity contribution in [3.8, 4) is 11.3 Å². The molecule has 0 bridgehead atoms. The van der Waals surface area contributed by atoms with Crippen molar-refractivity contribution in [1.82, 2.24) is 4.98 Å². The van der Waals surface area contributed by atoms with Crippen LogP contribution in [0.25, 0.3) is 22.1 Å². The molecule has 0 aliphatic rings. The van der Waals surface area contributed by atoms with E-state index >= 15 is 0 Å². The molecule has 0 N–H and O–H groups in total. The second-order valence-electron chi connectivity index (χ2n) is 5.19. The maximum absolute atomic E-state index is 6.09. The van der Waals surface area contributed by atoms with Crippen LogP contribution in [0.5, 0.6) is 0 Å². The molecule has 0 radical (unpaired) electrons. The topological polar surface area (TPSA) is 38.4 Å². The van der Waals surface area contributed by atoms with E-state index in [-0.39, 0.29) is 0 Å². The lowest BCUT2D eigenvalue weighted by atomic mass is 10.1. The number of para-hydroxylation sites is 1. The van der Waals surface area contributed by atoms with Crippen molar-refractivity contribution in [3.63, 3.8) is 0 Å². The molecule has 0 aliphatic carbocycles. The van der Waals surface area contributed by atoms with Crippen molar-refractivity contribution in [2.45, 2.75) is 0 Å². The summed E-state index contributed by atoms with van der Waals surface area (Å²) >= 11 is 0. The Balaban J connectivity index is 2.01. The molecule has 2 heterocycles. The molecule has 0 saturated heterocycles. The summed E-state index contributed by atoms with van der Waals surface area (Å²) in [5.74, 6) is 0.779. The molecule has 3 heteroatoms. The van der Waals surface area contributed by atoms with Gasteiger partial charge in [0.05, 0.1) is 5.69 Å². The highest BCUT2D eigenvalue weighted by atomic mass is 16.3. The van der Waals surface area contributed by atoms with E-state index in [1.54, 1.807) is 6.20 Å². The Bertz CT molecular complexity index is 1010. The van der Waals surface area contributed by atoms with Gasteiger partial charge >= 0.3 is 0 Å². The smallest absolute Gasteiger partial charge is 0.227 e. The van der Waals surface area contributed by atoms with Gasteiger partial charge in [0.2, 0.25) is 5.55 Å². The number of rotatable bonds is 2. The number of fused-ring (bicyclic) bond motifs is 1. The number of hydrogen-bond donors (Lipinski definition) is 0. The molecule has 0 amide bonds. The van der Waals surface area contributed by atoms with Crippen LogP contribution in [0.4, 0.5) is 5.69 Å². The molecule has 4 aromatic rings. The van der Waals surface area contributed by atoms with Crippen molar-refractivity contribution in [3.05, 3.63) is 90.7 Å².